The third kappa shape index (κ3) is 5.12. The minimum Gasteiger partial charge on any atom is -0.341 e. The van der Waals surface area contributed by atoms with E-state index in [2.05, 4.69) is 17.1 Å². The zero-order chi connectivity index (χ0) is 26.0. The van der Waals surface area contributed by atoms with Crippen molar-refractivity contribution < 1.29 is 18.8 Å². The maximum absolute atomic E-state index is 13.9. The van der Waals surface area contributed by atoms with Crippen molar-refractivity contribution in [2.75, 3.05) is 49.6 Å². The predicted octanol–water partition coefficient (Wildman–Crippen LogP) is 3.76. The van der Waals surface area contributed by atoms with Crippen molar-refractivity contribution in [3.63, 3.8) is 0 Å². The number of amides is 4. The summed E-state index contributed by atoms with van der Waals surface area (Å²) in [5, 5.41) is 2.75. The summed E-state index contributed by atoms with van der Waals surface area (Å²) in [5.41, 5.74) is 0.508. The highest BCUT2D eigenvalue weighted by Crippen LogP contribution is 2.39. The maximum Gasteiger partial charge on any atom is 0.321 e. The molecule has 9 heteroatoms. The fourth-order valence-corrected chi connectivity index (χ4v) is 5.69. The largest absolute Gasteiger partial charge is 0.341 e. The zero-order valence-corrected chi connectivity index (χ0v) is 21.2. The number of likely N-dealkylation sites (tertiary alicyclic amines) is 2. The molecule has 0 bridgehead atoms. The van der Waals surface area contributed by atoms with Crippen LogP contribution in [0.5, 0.6) is 0 Å². The molecule has 3 saturated heterocycles. The number of piperidine rings is 2. The van der Waals surface area contributed by atoms with Gasteiger partial charge in [0.2, 0.25) is 5.91 Å². The second-order valence-electron chi connectivity index (χ2n) is 10.4. The highest BCUT2D eigenvalue weighted by molar-refractivity contribution is 5.97. The predicted molar refractivity (Wildman–Crippen MR) is 139 cm³/mol. The Labute approximate surface area is 217 Å². The molecule has 0 aromatic heterocycles. The van der Waals surface area contributed by atoms with Gasteiger partial charge in [0.1, 0.15) is 17.9 Å². The van der Waals surface area contributed by atoms with E-state index in [0.29, 0.717) is 44.2 Å². The van der Waals surface area contributed by atoms with Crippen molar-refractivity contribution in [2.24, 2.45) is 5.92 Å². The summed E-state index contributed by atoms with van der Waals surface area (Å²) < 4.78 is 13.5. The Morgan fingerprint density at radius 2 is 1.68 bits per heavy atom. The molecular weight excluding hydrogens is 473 g/mol. The van der Waals surface area contributed by atoms with Gasteiger partial charge in [-0.15, -0.1) is 0 Å². The molecular formula is C28H34FN5O3. The molecule has 3 aliphatic heterocycles. The van der Waals surface area contributed by atoms with Crippen molar-refractivity contribution in [3.05, 3.63) is 60.4 Å². The molecule has 196 valence electrons. The van der Waals surface area contributed by atoms with E-state index in [-0.39, 0.29) is 24.4 Å². The van der Waals surface area contributed by atoms with E-state index in [4.69, 9.17) is 0 Å². The number of halogens is 1. The van der Waals surface area contributed by atoms with Gasteiger partial charge < -0.3 is 24.9 Å². The van der Waals surface area contributed by atoms with E-state index in [0.717, 1.165) is 31.6 Å². The number of nitrogens with zero attached hydrogens (tertiary/aromatic N) is 4. The van der Waals surface area contributed by atoms with Crippen LogP contribution in [0.1, 0.15) is 32.6 Å². The Bertz CT molecular complexity index is 1140. The normalized spacial score (nSPS) is 20.0. The number of benzene rings is 2. The zero-order valence-electron chi connectivity index (χ0n) is 21.2. The molecule has 3 aliphatic rings. The molecule has 4 amide bonds. The quantitative estimate of drug-likeness (QED) is 0.684. The van der Waals surface area contributed by atoms with Crippen LogP contribution in [0, 0.1) is 11.7 Å². The lowest BCUT2D eigenvalue weighted by atomic mass is 9.85. The molecule has 0 aliphatic carbocycles. The van der Waals surface area contributed by atoms with Crippen LogP contribution in [0.4, 0.5) is 20.6 Å². The molecule has 37 heavy (non-hydrogen) atoms. The van der Waals surface area contributed by atoms with E-state index in [9.17, 15) is 18.8 Å². The number of para-hydroxylation sites is 1. The number of carbonyl (C=O) groups is 3. The second-order valence-corrected chi connectivity index (χ2v) is 10.4. The first-order chi connectivity index (χ1) is 17.9. The lowest BCUT2D eigenvalue weighted by molar-refractivity contribution is -0.141. The second kappa shape index (κ2) is 10.4. The Morgan fingerprint density at radius 3 is 2.35 bits per heavy atom. The summed E-state index contributed by atoms with van der Waals surface area (Å²) in [6.07, 6.45) is 2.88. The van der Waals surface area contributed by atoms with Crippen molar-refractivity contribution in [3.8, 4) is 0 Å². The van der Waals surface area contributed by atoms with Gasteiger partial charge in [-0.05, 0) is 61.9 Å². The highest BCUT2D eigenvalue weighted by atomic mass is 19.1. The van der Waals surface area contributed by atoms with Crippen molar-refractivity contribution in [1.82, 2.24) is 14.7 Å². The van der Waals surface area contributed by atoms with Crippen LogP contribution in [0.15, 0.2) is 54.6 Å². The third-order valence-corrected chi connectivity index (χ3v) is 8.00. The number of hydrogen-bond donors (Lipinski definition) is 1. The van der Waals surface area contributed by atoms with Crippen LogP contribution in [0.3, 0.4) is 0 Å². The van der Waals surface area contributed by atoms with Crippen molar-refractivity contribution >= 4 is 29.2 Å². The fourth-order valence-electron chi connectivity index (χ4n) is 5.69. The van der Waals surface area contributed by atoms with E-state index in [1.54, 1.807) is 21.9 Å². The van der Waals surface area contributed by atoms with Gasteiger partial charge in [-0.1, -0.05) is 31.2 Å². The van der Waals surface area contributed by atoms with Crippen LogP contribution < -0.4 is 10.2 Å². The van der Waals surface area contributed by atoms with Crippen LogP contribution in [0.2, 0.25) is 0 Å². The van der Waals surface area contributed by atoms with E-state index in [1.165, 1.54) is 12.1 Å². The Hall–Kier alpha value is -3.62. The topological polar surface area (TPSA) is 76.2 Å². The van der Waals surface area contributed by atoms with Gasteiger partial charge >= 0.3 is 6.03 Å². The number of urea groups is 1. The molecule has 0 saturated carbocycles. The monoisotopic (exact) mass is 507 g/mol. The molecule has 3 fully saturated rings. The molecule has 0 atom stereocenters. The molecule has 8 nitrogen and oxygen atoms in total. The lowest BCUT2D eigenvalue weighted by Gasteiger charge is -2.43. The summed E-state index contributed by atoms with van der Waals surface area (Å²) in [4.78, 5) is 47.2. The van der Waals surface area contributed by atoms with Gasteiger partial charge in [0, 0.05) is 37.6 Å². The molecule has 2 aromatic rings. The lowest BCUT2D eigenvalue weighted by Crippen LogP contribution is -2.58. The smallest absolute Gasteiger partial charge is 0.321 e. The van der Waals surface area contributed by atoms with Crippen molar-refractivity contribution in [1.29, 1.82) is 0 Å². The Morgan fingerprint density at radius 1 is 0.973 bits per heavy atom. The summed E-state index contributed by atoms with van der Waals surface area (Å²) in [5.74, 6) is 0.147. The number of hydrogen-bond acceptors (Lipinski definition) is 4. The molecule has 1 N–H and O–H groups in total. The number of rotatable bonds is 4. The van der Waals surface area contributed by atoms with E-state index >= 15 is 0 Å². The minimum absolute atomic E-state index is 0.00258. The maximum atomic E-state index is 13.9. The van der Waals surface area contributed by atoms with Gasteiger partial charge in [-0.3, -0.25) is 9.59 Å². The van der Waals surface area contributed by atoms with Gasteiger partial charge in [-0.25, -0.2) is 9.18 Å². The van der Waals surface area contributed by atoms with E-state index in [1.807, 2.05) is 35.2 Å². The van der Waals surface area contributed by atoms with Crippen LogP contribution in [0.25, 0.3) is 0 Å². The van der Waals surface area contributed by atoms with Crippen LogP contribution >= 0.6 is 0 Å². The van der Waals surface area contributed by atoms with Gasteiger partial charge in [0.25, 0.3) is 5.91 Å². The molecule has 0 unspecified atom stereocenters. The van der Waals surface area contributed by atoms with E-state index < -0.39 is 11.4 Å². The molecule has 1 spiro atoms. The molecule has 0 radical (unpaired) electrons. The first-order valence-electron chi connectivity index (χ1n) is 13.1. The summed E-state index contributed by atoms with van der Waals surface area (Å²) in [6, 6.07) is 15.3. The van der Waals surface area contributed by atoms with Gasteiger partial charge in [0.05, 0.1) is 6.67 Å². The standard InChI is InChI=1S/C28H34FN5O3/c1-21-10-14-31(15-11-21)25(35)19-33-20-34(24-8-3-2-4-9-24)28(26(33)36)12-16-32(17-13-28)27(37)30-23-7-5-6-22(29)18-23/h2-9,18,21H,10-17,19-20H2,1H3,(H,30,37). The Kier molecular flexibility index (Phi) is 7.04. The summed E-state index contributed by atoms with van der Waals surface area (Å²) in [6.45, 7) is 4.86. The Balaban J connectivity index is 1.30. The first-order valence-corrected chi connectivity index (χ1v) is 13.1. The number of nitrogens with one attached hydrogen (secondary N) is 1. The molecule has 5 rings (SSSR count). The fraction of sp³-hybridized carbons (Fsp3) is 0.464. The van der Waals surface area contributed by atoms with Crippen LogP contribution in [-0.4, -0.2) is 77.5 Å². The minimum atomic E-state index is -0.812. The van der Waals surface area contributed by atoms with Gasteiger partial charge in [0.15, 0.2) is 0 Å². The average Bonchev–Trinajstić information content (AvgIpc) is 3.16. The number of anilines is 2. The van der Waals surface area contributed by atoms with Gasteiger partial charge in [-0.2, -0.15) is 0 Å². The summed E-state index contributed by atoms with van der Waals surface area (Å²) in [7, 11) is 0. The highest BCUT2D eigenvalue weighted by Gasteiger charge is 2.54. The van der Waals surface area contributed by atoms with Crippen molar-refractivity contribution in [2.45, 2.75) is 38.1 Å². The first kappa shape index (κ1) is 25.0. The molecule has 3 heterocycles. The SMILES string of the molecule is CC1CCN(C(=O)CN2CN(c3ccccc3)C3(CCN(C(=O)Nc4cccc(F)c4)CC3)C2=O)CC1. The number of carbonyl (C=O) groups excluding carboxylic acids is 3. The van der Waals surface area contributed by atoms with Crippen LogP contribution in [-0.2, 0) is 9.59 Å². The average molecular weight is 508 g/mol. The molecule has 2 aromatic carbocycles. The third-order valence-electron chi connectivity index (χ3n) is 8.00. The summed E-state index contributed by atoms with van der Waals surface area (Å²) >= 11 is 0.